The standard InChI is InChI=1S/C27H23N3O6/c1-16-8-5-6-13-20(16)23-21-22(27(28-23,26(33)34)15-17-9-3-2-4-10-17)25(32)29(24(21)31)18-11-7-12-19(14-18)30(35)36/h2-14,21-23,28H,15H2,1H3,(H,33,34). The highest BCUT2D eigenvalue weighted by atomic mass is 16.6. The number of nitrogens with one attached hydrogen (secondary N) is 1. The molecule has 5 rings (SSSR count). The number of carbonyl (C=O) groups is 3. The lowest BCUT2D eigenvalue weighted by molar-refractivity contribution is -0.384. The summed E-state index contributed by atoms with van der Waals surface area (Å²) in [5.74, 6) is -4.72. The molecule has 9 nitrogen and oxygen atoms in total. The van der Waals surface area contributed by atoms with Gasteiger partial charge in [-0.05, 0) is 29.7 Å². The molecule has 0 spiro atoms. The van der Waals surface area contributed by atoms with Crippen molar-refractivity contribution in [1.82, 2.24) is 5.32 Å². The predicted octanol–water partition coefficient (Wildman–Crippen LogP) is 3.42. The number of hydrogen-bond donors (Lipinski definition) is 2. The number of non-ortho nitro benzene ring substituents is 1. The second-order valence-electron chi connectivity index (χ2n) is 9.21. The Morgan fingerprint density at radius 2 is 1.72 bits per heavy atom. The lowest BCUT2D eigenvalue weighted by Crippen LogP contribution is -2.57. The normalized spacial score (nSPS) is 25.1. The molecular weight excluding hydrogens is 462 g/mol. The largest absolute Gasteiger partial charge is 0.480 e. The second-order valence-corrected chi connectivity index (χ2v) is 9.21. The van der Waals surface area contributed by atoms with E-state index in [-0.39, 0.29) is 17.8 Å². The molecule has 4 atom stereocenters. The van der Waals surface area contributed by atoms with Crippen LogP contribution in [-0.2, 0) is 20.8 Å². The van der Waals surface area contributed by atoms with E-state index in [1.807, 2.05) is 31.2 Å². The van der Waals surface area contributed by atoms with Crippen LogP contribution in [0.25, 0.3) is 0 Å². The Bertz CT molecular complexity index is 1390. The summed E-state index contributed by atoms with van der Waals surface area (Å²) in [4.78, 5) is 52.3. The maximum absolute atomic E-state index is 13.9. The molecule has 2 heterocycles. The molecule has 0 radical (unpaired) electrons. The molecule has 0 aliphatic carbocycles. The highest BCUT2D eigenvalue weighted by Crippen LogP contribution is 2.51. The molecule has 2 N–H and O–H groups in total. The molecule has 3 aromatic carbocycles. The Morgan fingerprint density at radius 1 is 1.03 bits per heavy atom. The number of imide groups is 1. The van der Waals surface area contributed by atoms with E-state index in [9.17, 15) is 29.6 Å². The number of aliphatic carboxylic acids is 1. The van der Waals surface area contributed by atoms with Crippen molar-refractivity contribution in [2.75, 3.05) is 4.90 Å². The average molecular weight is 485 g/mol. The minimum Gasteiger partial charge on any atom is -0.480 e. The molecule has 0 aromatic heterocycles. The number of nitrogens with zero attached hydrogens (tertiary/aromatic N) is 2. The molecule has 2 aliphatic heterocycles. The fourth-order valence-corrected chi connectivity index (χ4v) is 5.56. The summed E-state index contributed by atoms with van der Waals surface area (Å²) in [5, 5.41) is 25.1. The van der Waals surface area contributed by atoms with Crippen LogP contribution in [0.3, 0.4) is 0 Å². The summed E-state index contributed by atoms with van der Waals surface area (Å²) >= 11 is 0. The van der Waals surface area contributed by atoms with Gasteiger partial charge in [0.2, 0.25) is 11.8 Å². The number of carboxylic acids is 1. The van der Waals surface area contributed by atoms with Gasteiger partial charge in [0.25, 0.3) is 5.69 Å². The number of carboxylic acid groups (broad SMARTS) is 1. The van der Waals surface area contributed by atoms with Gasteiger partial charge in [0.15, 0.2) is 0 Å². The zero-order valence-electron chi connectivity index (χ0n) is 19.3. The molecule has 2 amide bonds. The Morgan fingerprint density at radius 3 is 2.39 bits per heavy atom. The van der Waals surface area contributed by atoms with Gasteiger partial charge in [-0.25, -0.2) is 4.90 Å². The van der Waals surface area contributed by atoms with E-state index in [0.29, 0.717) is 5.56 Å². The third-order valence-electron chi connectivity index (χ3n) is 7.18. The SMILES string of the molecule is Cc1ccccc1C1NC(Cc2ccccc2)(C(=O)O)C2C(=O)N(c3cccc([N+](=O)[O-])c3)C(=O)C12. The fraction of sp³-hybridized carbons (Fsp3) is 0.222. The highest BCUT2D eigenvalue weighted by molar-refractivity contribution is 6.24. The van der Waals surface area contributed by atoms with Gasteiger partial charge >= 0.3 is 5.97 Å². The summed E-state index contributed by atoms with van der Waals surface area (Å²) in [6, 6.07) is 20.8. The summed E-state index contributed by atoms with van der Waals surface area (Å²) in [7, 11) is 0. The lowest BCUT2D eigenvalue weighted by atomic mass is 9.76. The third-order valence-corrected chi connectivity index (χ3v) is 7.18. The van der Waals surface area contributed by atoms with Gasteiger partial charge < -0.3 is 5.11 Å². The van der Waals surface area contributed by atoms with Crippen molar-refractivity contribution in [1.29, 1.82) is 0 Å². The van der Waals surface area contributed by atoms with Gasteiger partial charge in [-0.15, -0.1) is 0 Å². The number of nitro groups is 1. The van der Waals surface area contributed by atoms with Crippen LogP contribution in [0.4, 0.5) is 11.4 Å². The molecule has 182 valence electrons. The van der Waals surface area contributed by atoms with Crippen LogP contribution in [0.15, 0.2) is 78.9 Å². The molecule has 0 bridgehead atoms. The molecule has 2 saturated heterocycles. The van der Waals surface area contributed by atoms with E-state index in [1.54, 1.807) is 30.3 Å². The Labute approximate surface area is 206 Å². The van der Waals surface area contributed by atoms with Crippen molar-refractivity contribution >= 4 is 29.2 Å². The Hall–Kier alpha value is -4.37. The van der Waals surface area contributed by atoms with Crippen molar-refractivity contribution in [2.24, 2.45) is 11.8 Å². The first-order valence-electron chi connectivity index (χ1n) is 11.5. The number of amides is 2. The van der Waals surface area contributed by atoms with Gasteiger partial charge in [-0.1, -0.05) is 60.7 Å². The Kier molecular flexibility index (Phi) is 5.64. The quantitative estimate of drug-likeness (QED) is 0.311. The number of benzene rings is 3. The molecular formula is C27H23N3O6. The first-order chi connectivity index (χ1) is 17.2. The van der Waals surface area contributed by atoms with Crippen LogP contribution in [0.5, 0.6) is 0 Å². The predicted molar refractivity (Wildman–Crippen MR) is 130 cm³/mol. The number of fused-ring (bicyclic) bond motifs is 1. The van der Waals surface area contributed by atoms with Crippen LogP contribution >= 0.6 is 0 Å². The lowest BCUT2D eigenvalue weighted by Gasteiger charge is -2.31. The van der Waals surface area contributed by atoms with Gasteiger partial charge in [0.05, 0.1) is 22.4 Å². The van der Waals surface area contributed by atoms with Crippen molar-refractivity contribution in [2.45, 2.75) is 24.9 Å². The van der Waals surface area contributed by atoms with Crippen LogP contribution in [0, 0.1) is 28.9 Å². The summed E-state index contributed by atoms with van der Waals surface area (Å²) in [6.07, 6.45) is -0.0193. The number of rotatable bonds is 6. The van der Waals surface area contributed by atoms with Crippen molar-refractivity contribution in [3.8, 4) is 0 Å². The van der Waals surface area contributed by atoms with E-state index >= 15 is 0 Å². The minimum absolute atomic E-state index is 0.0193. The molecule has 3 aromatic rings. The third kappa shape index (κ3) is 3.56. The van der Waals surface area contributed by atoms with Crippen LogP contribution in [0.2, 0.25) is 0 Å². The fourth-order valence-electron chi connectivity index (χ4n) is 5.56. The summed E-state index contributed by atoms with van der Waals surface area (Å²) < 4.78 is 0. The average Bonchev–Trinajstić information content (AvgIpc) is 3.34. The van der Waals surface area contributed by atoms with E-state index < -0.39 is 46.1 Å². The number of nitro benzene ring substituents is 1. The van der Waals surface area contributed by atoms with Gasteiger partial charge in [-0.3, -0.25) is 29.8 Å². The number of hydrogen-bond acceptors (Lipinski definition) is 6. The minimum atomic E-state index is -1.76. The monoisotopic (exact) mass is 485 g/mol. The van der Waals surface area contributed by atoms with E-state index in [1.165, 1.54) is 18.2 Å². The number of carbonyl (C=O) groups excluding carboxylic acids is 2. The van der Waals surface area contributed by atoms with Crippen LogP contribution in [-0.4, -0.2) is 33.4 Å². The topological polar surface area (TPSA) is 130 Å². The second kappa shape index (κ2) is 8.69. The number of anilines is 1. The maximum Gasteiger partial charge on any atom is 0.325 e. The molecule has 2 fully saturated rings. The Balaban J connectivity index is 1.67. The summed E-state index contributed by atoms with van der Waals surface area (Å²) in [5.41, 5.74) is 0.296. The molecule has 0 saturated carbocycles. The smallest absolute Gasteiger partial charge is 0.325 e. The first-order valence-corrected chi connectivity index (χ1v) is 11.5. The van der Waals surface area contributed by atoms with E-state index in [0.717, 1.165) is 22.1 Å². The van der Waals surface area contributed by atoms with Crippen LogP contribution < -0.4 is 10.2 Å². The van der Waals surface area contributed by atoms with Gasteiger partial charge in [0.1, 0.15) is 5.54 Å². The molecule has 4 unspecified atom stereocenters. The van der Waals surface area contributed by atoms with Gasteiger partial charge in [0, 0.05) is 24.6 Å². The highest BCUT2D eigenvalue weighted by Gasteiger charge is 2.68. The first kappa shape index (κ1) is 23.4. The molecule has 9 heteroatoms. The molecule has 36 heavy (non-hydrogen) atoms. The van der Waals surface area contributed by atoms with Crippen molar-refractivity contribution < 1.29 is 24.4 Å². The van der Waals surface area contributed by atoms with Gasteiger partial charge in [-0.2, -0.15) is 0 Å². The van der Waals surface area contributed by atoms with Crippen molar-refractivity contribution in [3.63, 3.8) is 0 Å². The van der Waals surface area contributed by atoms with Crippen LogP contribution in [0.1, 0.15) is 22.7 Å². The number of aryl methyl sites for hydroxylation is 1. The molecule has 2 aliphatic rings. The zero-order chi connectivity index (χ0) is 25.6. The maximum atomic E-state index is 13.9. The van der Waals surface area contributed by atoms with E-state index in [2.05, 4.69) is 5.32 Å². The zero-order valence-corrected chi connectivity index (χ0v) is 19.3. The van der Waals surface area contributed by atoms with E-state index in [4.69, 9.17) is 0 Å². The van der Waals surface area contributed by atoms with Crippen molar-refractivity contribution in [3.05, 3.63) is 106 Å². The summed E-state index contributed by atoms with van der Waals surface area (Å²) in [6.45, 7) is 1.86.